The van der Waals surface area contributed by atoms with Crippen molar-refractivity contribution in [2.75, 3.05) is 0 Å². The van der Waals surface area contributed by atoms with Gasteiger partial charge in [0.15, 0.2) is 0 Å². The largest absolute Gasteiger partial charge is 0.257 e. The highest BCUT2D eigenvalue weighted by atomic mass is 14.7. The molecule has 0 radical (unpaired) electrons. The van der Waals surface area contributed by atoms with Gasteiger partial charge in [-0.15, -0.1) is 0 Å². The summed E-state index contributed by atoms with van der Waals surface area (Å²) in [4.78, 5) is 4.37. The molecule has 2 rings (SSSR count). The molecule has 17 heavy (non-hydrogen) atoms. The third-order valence-corrected chi connectivity index (χ3v) is 2.40. The van der Waals surface area contributed by atoms with Crippen molar-refractivity contribution in [2.45, 2.75) is 6.92 Å². The number of aliphatic imine (C=N–C) groups is 1. The lowest BCUT2D eigenvalue weighted by molar-refractivity contribution is 1.43. The third-order valence-electron chi connectivity index (χ3n) is 2.40. The predicted molar refractivity (Wildman–Crippen MR) is 74.8 cm³/mol. The van der Waals surface area contributed by atoms with E-state index >= 15 is 0 Å². The summed E-state index contributed by atoms with van der Waals surface area (Å²) in [5, 5.41) is 0. The van der Waals surface area contributed by atoms with Gasteiger partial charge in [-0.2, -0.15) is 0 Å². The van der Waals surface area contributed by atoms with E-state index in [-0.39, 0.29) is 0 Å². The molecule has 84 valence electrons. The van der Waals surface area contributed by atoms with Crippen molar-refractivity contribution in [2.24, 2.45) is 4.99 Å². The normalized spacial score (nSPS) is 11.4. The minimum Gasteiger partial charge on any atom is -0.257 e. The molecule has 0 saturated heterocycles. The molecule has 2 aromatic carbocycles. The quantitative estimate of drug-likeness (QED) is 0.681. The summed E-state index contributed by atoms with van der Waals surface area (Å²) in [5.41, 5.74) is 3.40. The van der Waals surface area contributed by atoms with Crippen LogP contribution in [-0.4, -0.2) is 6.21 Å². The summed E-state index contributed by atoms with van der Waals surface area (Å²) in [6.07, 6.45) is 5.82. The van der Waals surface area contributed by atoms with Gasteiger partial charge >= 0.3 is 0 Å². The van der Waals surface area contributed by atoms with Crippen LogP contribution in [0.1, 0.15) is 11.1 Å². The average molecular weight is 221 g/mol. The smallest absolute Gasteiger partial charge is 0.0632 e. The molecule has 0 bridgehead atoms. The molecule has 1 nitrogen and oxygen atoms in total. The van der Waals surface area contributed by atoms with Crippen LogP contribution in [0.15, 0.2) is 65.7 Å². The van der Waals surface area contributed by atoms with E-state index in [0.29, 0.717) is 0 Å². The topological polar surface area (TPSA) is 12.4 Å². The van der Waals surface area contributed by atoms with Crippen LogP contribution in [0, 0.1) is 6.92 Å². The number of benzene rings is 2. The van der Waals surface area contributed by atoms with Crippen molar-refractivity contribution in [3.05, 3.63) is 71.8 Å². The van der Waals surface area contributed by atoms with Crippen molar-refractivity contribution in [1.82, 2.24) is 0 Å². The molecule has 0 aliphatic rings. The number of aryl methyl sites for hydroxylation is 1. The molecule has 0 saturated carbocycles. The zero-order valence-corrected chi connectivity index (χ0v) is 9.88. The molecular weight excluding hydrogens is 206 g/mol. The lowest BCUT2D eigenvalue weighted by Gasteiger charge is -1.93. The van der Waals surface area contributed by atoms with Crippen molar-refractivity contribution in [3.8, 4) is 0 Å². The fourth-order valence-electron chi connectivity index (χ4n) is 1.56. The molecule has 0 amide bonds. The Morgan fingerprint density at radius 3 is 2.53 bits per heavy atom. The van der Waals surface area contributed by atoms with Crippen LogP contribution >= 0.6 is 0 Å². The Balaban J connectivity index is 2.01. The first-order chi connectivity index (χ1) is 8.34. The first-order valence-electron chi connectivity index (χ1n) is 5.67. The number of rotatable bonds is 3. The maximum absolute atomic E-state index is 4.37. The molecule has 0 aliphatic heterocycles. The maximum Gasteiger partial charge on any atom is 0.0632 e. The fourth-order valence-corrected chi connectivity index (χ4v) is 1.56. The molecule has 0 heterocycles. The Morgan fingerprint density at radius 1 is 0.941 bits per heavy atom. The van der Waals surface area contributed by atoms with Gasteiger partial charge in [-0.1, -0.05) is 48.5 Å². The summed E-state index contributed by atoms with van der Waals surface area (Å²) in [6, 6.07) is 18.3. The zero-order valence-electron chi connectivity index (χ0n) is 9.88. The second-order valence-electron chi connectivity index (χ2n) is 3.89. The first-order valence-corrected chi connectivity index (χ1v) is 5.67. The van der Waals surface area contributed by atoms with E-state index < -0.39 is 0 Å². The van der Waals surface area contributed by atoms with Gasteiger partial charge in [0.2, 0.25) is 0 Å². The number of nitrogens with zero attached hydrogens (tertiary/aromatic N) is 1. The van der Waals surface area contributed by atoms with Crippen LogP contribution in [0.25, 0.3) is 6.08 Å². The van der Waals surface area contributed by atoms with Crippen molar-refractivity contribution >= 4 is 18.0 Å². The number of allylic oxidation sites excluding steroid dienone is 1. The van der Waals surface area contributed by atoms with E-state index in [4.69, 9.17) is 0 Å². The number of hydrogen-bond acceptors (Lipinski definition) is 1. The zero-order chi connectivity index (χ0) is 11.9. The Kier molecular flexibility index (Phi) is 3.87. The van der Waals surface area contributed by atoms with Crippen molar-refractivity contribution in [3.63, 3.8) is 0 Å². The highest BCUT2D eigenvalue weighted by Gasteiger charge is 1.86. The molecule has 0 fully saturated rings. The minimum absolute atomic E-state index is 0.989. The van der Waals surface area contributed by atoms with Gasteiger partial charge in [0, 0.05) is 6.21 Å². The van der Waals surface area contributed by atoms with Gasteiger partial charge in [-0.3, -0.25) is 4.99 Å². The lowest BCUT2D eigenvalue weighted by Crippen LogP contribution is -1.72. The monoisotopic (exact) mass is 221 g/mol. The highest BCUT2D eigenvalue weighted by Crippen LogP contribution is 2.12. The third kappa shape index (κ3) is 3.72. The van der Waals surface area contributed by atoms with Crippen LogP contribution in [0.4, 0.5) is 5.69 Å². The Labute approximate surface area is 102 Å². The number of hydrogen-bond donors (Lipinski definition) is 0. The summed E-state index contributed by atoms with van der Waals surface area (Å²) >= 11 is 0. The molecule has 0 aliphatic carbocycles. The summed E-state index contributed by atoms with van der Waals surface area (Å²) in [6.45, 7) is 2.07. The SMILES string of the molecule is Cc1cccc(N=CC=Cc2ccccc2)c1. The van der Waals surface area contributed by atoms with E-state index in [2.05, 4.69) is 36.2 Å². The van der Waals surface area contributed by atoms with Crippen LogP contribution in [0.5, 0.6) is 0 Å². The molecule has 0 aromatic heterocycles. The highest BCUT2D eigenvalue weighted by molar-refractivity contribution is 5.80. The molecular formula is C16H15N. The van der Waals surface area contributed by atoms with Crippen molar-refractivity contribution in [1.29, 1.82) is 0 Å². The van der Waals surface area contributed by atoms with E-state index in [1.54, 1.807) is 0 Å². The van der Waals surface area contributed by atoms with Crippen LogP contribution in [0.2, 0.25) is 0 Å². The van der Waals surface area contributed by atoms with Crippen LogP contribution < -0.4 is 0 Å². The maximum atomic E-state index is 4.37. The minimum atomic E-state index is 0.989. The van der Waals surface area contributed by atoms with Gasteiger partial charge in [0.05, 0.1) is 5.69 Å². The van der Waals surface area contributed by atoms with Gasteiger partial charge in [0.25, 0.3) is 0 Å². The lowest BCUT2D eigenvalue weighted by atomic mass is 10.2. The molecule has 0 unspecified atom stereocenters. The Bertz CT molecular complexity index is 524. The predicted octanol–water partition coefficient (Wildman–Crippen LogP) is 4.41. The van der Waals surface area contributed by atoms with E-state index in [1.165, 1.54) is 11.1 Å². The van der Waals surface area contributed by atoms with Crippen molar-refractivity contribution < 1.29 is 0 Å². The van der Waals surface area contributed by atoms with E-state index in [0.717, 1.165) is 5.69 Å². The average Bonchev–Trinajstić information content (AvgIpc) is 2.36. The molecule has 2 aromatic rings. The molecule has 0 N–H and O–H groups in total. The summed E-state index contributed by atoms with van der Waals surface area (Å²) in [7, 11) is 0. The molecule has 0 spiro atoms. The summed E-state index contributed by atoms with van der Waals surface area (Å²) in [5.74, 6) is 0. The fraction of sp³-hybridized carbons (Fsp3) is 0.0625. The molecule has 0 atom stereocenters. The first kappa shape index (κ1) is 11.3. The second-order valence-corrected chi connectivity index (χ2v) is 3.89. The van der Waals surface area contributed by atoms with Gasteiger partial charge in [-0.05, 0) is 36.3 Å². The standard InChI is InChI=1S/C16H15N/c1-14-7-5-11-16(13-14)17-12-6-10-15-8-3-2-4-9-15/h2-13H,1H3. The van der Waals surface area contributed by atoms with Gasteiger partial charge < -0.3 is 0 Å². The van der Waals surface area contributed by atoms with Crippen LogP contribution in [0.3, 0.4) is 0 Å². The molecule has 1 heteroatoms. The Hall–Kier alpha value is -2.15. The second kappa shape index (κ2) is 5.80. The Morgan fingerprint density at radius 2 is 1.76 bits per heavy atom. The summed E-state index contributed by atoms with van der Waals surface area (Å²) < 4.78 is 0. The van der Waals surface area contributed by atoms with Gasteiger partial charge in [0.1, 0.15) is 0 Å². The van der Waals surface area contributed by atoms with Gasteiger partial charge in [-0.25, -0.2) is 0 Å². The van der Waals surface area contributed by atoms with Crippen LogP contribution in [-0.2, 0) is 0 Å². The van der Waals surface area contributed by atoms with E-state index in [1.807, 2.05) is 48.7 Å². The van der Waals surface area contributed by atoms with E-state index in [9.17, 15) is 0 Å².